The van der Waals surface area contributed by atoms with Crippen LogP contribution >= 0.6 is 24.8 Å². The third kappa shape index (κ3) is 5.18. The second-order valence-electron chi connectivity index (χ2n) is 6.66. The maximum atomic E-state index is 13.3. The number of fused-ring (bicyclic) bond motifs is 1. The summed E-state index contributed by atoms with van der Waals surface area (Å²) in [6.07, 6.45) is -1.15. The smallest absolute Gasteiger partial charge is 0.356 e. The number of nitrogens with one attached hydrogen (secondary N) is 1. The highest BCUT2D eigenvalue weighted by atomic mass is 35.5. The van der Waals surface area contributed by atoms with Gasteiger partial charge in [-0.25, -0.2) is 4.98 Å². The van der Waals surface area contributed by atoms with Crippen molar-refractivity contribution in [3.8, 4) is 0 Å². The van der Waals surface area contributed by atoms with Crippen LogP contribution < -0.4 is 10.2 Å². The number of likely N-dealkylation sites (tertiary alicyclic amines) is 1. The fourth-order valence-electron chi connectivity index (χ4n) is 3.94. The topological polar surface area (TPSA) is 48.5 Å². The second-order valence-corrected chi connectivity index (χ2v) is 6.66. The molecule has 1 aromatic heterocycles. The molecule has 2 aliphatic heterocycles. The summed E-state index contributed by atoms with van der Waals surface area (Å²) in [5, 5.41) is 3.05. The number of carbonyl (C=O) groups excluding carboxylic acids is 1. The van der Waals surface area contributed by atoms with Crippen LogP contribution in [0.25, 0.3) is 0 Å². The number of rotatable bonds is 4. The van der Waals surface area contributed by atoms with Gasteiger partial charge in [-0.05, 0) is 37.9 Å². The molecule has 0 spiro atoms. The fraction of sp³-hybridized carbons (Fsp3) is 0.647. The van der Waals surface area contributed by atoms with E-state index in [9.17, 15) is 18.0 Å². The van der Waals surface area contributed by atoms with E-state index in [1.165, 1.54) is 12.3 Å². The highest BCUT2D eigenvalue weighted by molar-refractivity contribution is 5.85. The van der Waals surface area contributed by atoms with Crippen LogP contribution in [-0.4, -0.2) is 55.1 Å². The van der Waals surface area contributed by atoms with E-state index >= 15 is 0 Å². The maximum absolute atomic E-state index is 13.3. The summed E-state index contributed by atoms with van der Waals surface area (Å²) in [6.45, 7) is 2.35. The average molecular weight is 429 g/mol. The SMILES string of the molecule is CNCCN1C(=O)CC[C@H]2CN(c3ncccc3C(F)(F)F)CC[C@H]21.Cl.Cl. The highest BCUT2D eigenvalue weighted by Gasteiger charge is 2.41. The molecule has 1 amide bonds. The van der Waals surface area contributed by atoms with Gasteiger partial charge in [-0.1, -0.05) is 0 Å². The van der Waals surface area contributed by atoms with E-state index in [0.717, 1.165) is 19.0 Å². The van der Waals surface area contributed by atoms with Gasteiger partial charge in [-0.2, -0.15) is 13.2 Å². The minimum absolute atomic E-state index is 0. The summed E-state index contributed by atoms with van der Waals surface area (Å²) in [6, 6.07) is 2.51. The standard InChI is InChI=1S/C17H23F3N4O.2ClH/c1-21-8-10-24-14-6-9-23(11-12(14)4-5-15(24)25)16-13(17(18,19)20)3-2-7-22-16;;/h2-3,7,12,14,21H,4-6,8-11H2,1H3;2*1H/t12-,14+;;/m0../s1. The maximum Gasteiger partial charge on any atom is 0.419 e. The number of alkyl halides is 3. The number of piperidine rings is 2. The molecule has 3 rings (SSSR count). The number of pyridine rings is 1. The molecule has 1 aromatic rings. The average Bonchev–Trinajstić information content (AvgIpc) is 2.60. The minimum Gasteiger partial charge on any atom is -0.356 e. The molecule has 0 radical (unpaired) electrons. The van der Waals surface area contributed by atoms with Gasteiger partial charge in [0.1, 0.15) is 5.82 Å². The van der Waals surface area contributed by atoms with E-state index in [4.69, 9.17) is 0 Å². The van der Waals surface area contributed by atoms with Crippen molar-refractivity contribution < 1.29 is 18.0 Å². The van der Waals surface area contributed by atoms with Gasteiger partial charge >= 0.3 is 6.18 Å². The molecule has 5 nitrogen and oxygen atoms in total. The number of hydrogen-bond donors (Lipinski definition) is 1. The van der Waals surface area contributed by atoms with E-state index < -0.39 is 11.7 Å². The Morgan fingerprint density at radius 2 is 2.04 bits per heavy atom. The van der Waals surface area contributed by atoms with Crippen LogP contribution in [0.5, 0.6) is 0 Å². The number of halogens is 5. The van der Waals surface area contributed by atoms with Crippen LogP contribution in [0.1, 0.15) is 24.8 Å². The zero-order valence-electron chi connectivity index (χ0n) is 15.0. The van der Waals surface area contributed by atoms with E-state index in [-0.39, 0.29) is 48.5 Å². The van der Waals surface area contributed by atoms with E-state index in [0.29, 0.717) is 32.5 Å². The molecule has 2 atom stereocenters. The van der Waals surface area contributed by atoms with Crippen molar-refractivity contribution in [3.63, 3.8) is 0 Å². The summed E-state index contributed by atoms with van der Waals surface area (Å²) in [4.78, 5) is 19.9. The fourth-order valence-corrected chi connectivity index (χ4v) is 3.94. The van der Waals surface area contributed by atoms with Crippen molar-refractivity contribution in [1.82, 2.24) is 15.2 Å². The van der Waals surface area contributed by atoms with Gasteiger partial charge in [-0.15, -0.1) is 24.8 Å². The molecule has 0 aliphatic carbocycles. The molecule has 2 saturated heterocycles. The molecular formula is C17H25Cl2F3N4O. The van der Waals surface area contributed by atoms with Gasteiger partial charge < -0.3 is 15.1 Å². The molecule has 154 valence electrons. The van der Waals surface area contributed by atoms with Crippen molar-refractivity contribution >= 4 is 36.5 Å². The molecule has 3 heterocycles. The molecule has 2 aliphatic rings. The Labute approximate surface area is 169 Å². The first-order valence-corrected chi connectivity index (χ1v) is 8.63. The molecular weight excluding hydrogens is 404 g/mol. The van der Waals surface area contributed by atoms with E-state index in [1.54, 1.807) is 4.90 Å². The highest BCUT2D eigenvalue weighted by Crippen LogP contribution is 2.38. The van der Waals surface area contributed by atoms with Crippen molar-refractivity contribution in [3.05, 3.63) is 23.9 Å². The van der Waals surface area contributed by atoms with Crippen LogP contribution in [0.4, 0.5) is 19.0 Å². The molecule has 0 saturated carbocycles. The lowest BCUT2D eigenvalue weighted by Crippen LogP contribution is -2.57. The van der Waals surface area contributed by atoms with Crippen molar-refractivity contribution in [2.24, 2.45) is 5.92 Å². The molecule has 0 aromatic carbocycles. The summed E-state index contributed by atoms with van der Waals surface area (Å²) in [5.41, 5.74) is -0.688. The minimum atomic E-state index is -4.41. The molecule has 0 unspecified atom stereocenters. The molecule has 27 heavy (non-hydrogen) atoms. The van der Waals surface area contributed by atoms with Crippen LogP contribution in [0.2, 0.25) is 0 Å². The Hall–Kier alpha value is -1.25. The zero-order chi connectivity index (χ0) is 18.0. The first-order chi connectivity index (χ1) is 11.9. The van der Waals surface area contributed by atoms with Crippen LogP contribution in [0.15, 0.2) is 18.3 Å². The number of nitrogens with zero attached hydrogens (tertiary/aromatic N) is 3. The first-order valence-electron chi connectivity index (χ1n) is 8.63. The van der Waals surface area contributed by atoms with Crippen LogP contribution in [-0.2, 0) is 11.0 Å². The summed E-state index contributed by atoms with van der Waals surface area (Å²) >= 11 is 0. The number of hydrogen-bond acceptors (Lipinski definition) is 4. The van der Waals surface area contributed by atoms with Gasteiger partial charge in [0.25, 0.3) is 0 Å². The second kappa shape index (κ2) is 9.80. The summed E-state index contributed by atoms with van der Waals surface area (Å²) in [5.74, 6) is 0.345. The molecule has 0 bridgehead atoms. The third-order valence-corrected chi connectivity index (χ3v) is 5.14. The Bertz CT molecular complexity index is 632. The lowest BCUT2D eigenvalue weighted by Gasteiger charge is -2.47. The lowest BCUT2D eigenvalue weighted by molar-refractivity contribution is -0.139. The van der Waals surface area contributed by atoms with Crippen molar-refractivity contribution in [2.75, 3.05) is 38.1 Å². The third-order valence-electron chi connectivity index (χ3n) is 5.14. The lowest BCUT2D eigenvalue weighted by atomic mass is 9.83. The normalized spacial score (nSPS) is 22.6. The summed E-state index contributed by atoms with van der Waals surface area (Å²) < 4.78 is 39.8. The van der Waals surface area contributed by atoms with E-state index in [1.807, 2.05) is 11.9 Å². The van der Waals surface area contributed by atoms with Gasteiger partial charge in [0.05, 0.1) is 5.56 Å². The summed E-state index contributed by atoms with van der Waals surface area (Å²) in [7, 11) is 1.84. The first kappa shape index (κ1) is 23.8. The molecule has 10 heteroatoms. The number of carbonyl (C=O) groups is 1. The molecule has 1 N–H and O–H groups in total. The Kier molecular flexibility index (Phi) is 8.63. The van der Waals surface area contributed by atoms with Gasteiger partial charge in [-0.3, -0.25) is 4.79 Å². The predicted molar refractivity (Wildman–Crippen MR) is 103 cm³/mol. The quantitative estimate of drug-likeness (QED) is 0.800. The van der Waals surface area contributed by atoms with Gasteiger partial charge in [0.15, 0.2) is 0 Å². The largest absolute Gasteiger partial charge is 0.419 e. The number of likely N-dealkylation sites (N-methyl/N-ethyl adjacent to an activating group) is 1. The monoisotopic (exact) mass is 428 g/mol. The van der Waals surface area contributed by atoms with Crippen LogP contribution in [0, 0.1) is 5.92 Å². The van der Waals surface area contributed by atoms with Gasteiger partial charge in [0, 0.05) is 44.8 Å². The number of amides is 1. The zero-order valence-corrected chi connectivity index (χ0v) is 16.7. The Morgan fingerprint density at radius 1 is 1.30 bits per heavy atom. The van der Waals surface area contributed by atoms with Crippen LogP contribution in [0.3, 0.4) is 0 Å². The predicted octanol–water partition coefficient (Wildman–Crippen LogP) is 2.98. The van der Waals surface area contributed by atoms with E-state index in [2.05, 4.69) is 10.3 Å². The Morgan fingerprint density at radius 3 is 2.70 bits per heavy atom. The van der Waals surface area contributed by atoms with Crippen molar-refractivity contribution in [2.45, 2.75) is 31.5 Å². The van der Waals surface area contributed by atoms with Gasteiger partial charge in [0.2, 0.25) is 5.91 Å². The van der Waals surface area contributed by atoms with Crippen molar-refractivity contribution in [1.29, 1.82) is 0 Å². The molecule has 2 fully saturated rings. The Balaban J connectivity index is 0.00000182. The number of aromatic nitrogens is 1. The number of anilines is 1.